The predicted octanol–water partition coefficient (Wildman–Crippen LogP) is 2.19. The minimum absolute atomic E-state index is 0.142. The monoisotopic (exact) mass is 324 g/mol. The fourth-order valence-electron chi connectivity index (χ4n) is 2.04. The van der Waals surface area contributed by atoms with Crippen LogP contribution in [0.25, 0.3) is 0 Å². The van der Waals surface area contributed by atoms with E-state index in [4.69, 9.17) is 16.3 Å². The molecule has 0 saturated carbocycles. The van der Waals surface area contributed by atoms with E-state index in [9.17, 15) is 8.42 Å². The smallest absolute Gasteiger partial charge is 0.243 e. The molecule has 7 heteroatoms. The highest BCUT2D eigenvalue weighted by Crippen LogP contribution is 2.25. The molecule has 0 N–H and O–H groups in total. The zero-order valence-electron chi connectivity index (χ0n) is 11.0. The second-order valence-corrected chi connectivity index (χ2v) is 7.08. The maximum absolute atomic E-state index is 12.3. The molecule has 0 aliphatic carbocycles. The molecule has 1 aliphatic heterocycles. The van der Waals surface area contributed by atoms with Crippen LogP contribution < -0.4 is 4.74 Å². The maximum Gasteiger partial charge on any atom is 0.243 e. The van der Waals surface area contributed by atoms with Gasteiger partial charge in [-0.1, -0.05) is 11.6 Å². The quantitative estimate of drug-likeness (QED) is 0.865. The topological polar surface area (TPSA) is 59.5 Å². The molecule has 110 valence electrons. The second-order valence-electron chi connectivity index (χ2n) is 4.70. The van der Waals surface area contributed by atoms with Gasteiger partial charge in [-0.25, -0.2) is 8.42 Å². The molecule has 1 saturated heterocycles. The van der Waals surface area contributed by atoms with Crippen LogP contribution >= 0.6 is 11.6 Å². The Labute approximate surface area is 128 Å². The van der Waals surface area contributed by atoms with E-state index in [1.807, 2.05) is 0 Å². The van der Waals surface area contributed by atoms with E-state index in [0.29, 0.717) is 23.9 Å². The van der Waals surface area contributed by atoms with E-state index < -0.39 is 10.0 Å². The number of halogens is 1. The Bertz CT molecular complexity index is 714. The van der Waals surface area contributed by atoms with Crippen molar-refractivity contribution in [2.75, 3.05) is 13.1 Å². The molecule has 1 aromatic carbocycles. The van der Waals surface area contributed by atoms with Crippen molar-refractivity contribution in [1.29, 1.82) is 0 Å². The van der Waals surface area contributed by atoms with Gasteiger partial charge in [-0.05, 0) is 36.4 Å². The Hall–Kier alpha value is -1.63. The third-order valence-electron chi connectivity index (χ3n) is 3.20. The first-order valence-electron chi connectivity index (χ1n) is 6.38. The molecule has 2 aromatic rings. The minimum atomic E-state index is -3.47. The van der Waals surface area contributed by atoms with Gasteiger partial charge in [-0.2, -0.15) is 4.31 Å². The Morgan fingerprint density at radius 3 is 2.52 bits per heavy atom. The number of sulfonamides is 1. The van der Waals surface area contributed by atoms with Crippen LogP contribution in [-0.4, -0.2) is 36.9 Å². The normalized spacial score (nSPS) is 16.4. The number of pyridine rings is 1. The van der Waals surface area contributed by atoms with Crippen molar-refractivity contribution in [3.8, 4) is 5.75 Å². The first-order valence-corrected chi connectivity index (χ1v) is 8.20. The number of aromatic nitrogens is 1. The van der Waals surface area contributed by atoms with Crippen molar-refractivity contribution >= 4 is 21.6 Å². The summed E-state index contributed by atoms with van der Waals surface area (Å²) in [7, 11) is -3.47. The van der Waals surface area contributed by atoms with Crippen molar-refractivity contribution in [2.45, 2.75) is 11.0 Å². The highest BCUT2D eigenvalue weighted by Gasteiger charge is 2.38. The molecule has 3 rings (SSSR count). The average Bonchev–Trinajstić information content (AvgIpc) is 2.44. The van der Waals surface area contributed by atoms with E-state index in [-0.39, 0.29) is 11.0 Å². The highest BCUT2D eigenvalue weighted by atomic mass is 35.5. The summed E-state index contributed by atoms with van der Waals surface area (Å²) in [4.78, 5) is 4.19. The first kappa shape index (κ1) is 14.3. The van der Waals surface area contributed by atoms with E-state index in [1.165, 1.54) is 16.4 Å². The summed E-state index contributed by atoms with van der Waals surface area (Å²) < 4.78 is 31.7. The number of rotatable bonds is 4. The summed E-state index contributed by atoms with van der Waals surface area (Å²) in [6.45, 7) is 0.666. The molecule has 1 fully saturated rings. The first-order chi connectivity index (χ1) is 10.1. The molecule has 0 unspecified atom stereocenters. The Morgan fingerprint density at radius 1 is 1.19 bits per heavy atom. The van der Waals surface area contributed by atoms with Crippen LogP contribution in [0.4, 0.5) is 0 Å². The van der Waals surface area contributed by atoms with Gasteiger partial charge in [-0.15, -0.1) is 0 Å². The summed E-state index contributed by atoms with van der Waals surface area (Å²) >= 11 is 5.77. The van der Waals surface area contributed by atoms with E-state index in [1.54, 1.807) is 36.7 Å². The van der Waals surface area contributed by atoms with Crippen LogP contribution in [0, 0.1) is 0 Å². The zero-order valence-corrected chi connectivity index (χ0v) is 12.6. The molecule has 21 heavy (non-hydrogen) atoms. The molecule has 1 aliphatic rings. The molecule has 0 amide bonds. The molecular weight excluding hydrogens is 312 g/mol. The van der Waals surface area contributed by atoms with Gasteiger partial charge in [0.15, 0.2) is 0 Å². The van der Waals surface area contributed by atoms with Crippen LogP contribution in [0.15, 0.2) is 53.7 Å². The SMILES string of the molecule is O=S(=O)(c1ccc(Cl)cc1)N1CC(Oc2cccnc2)C1. The fraction of sp³-hybridized carbons (Fsp3) is 0.214. The average molecular weight is 325 g/mol. The van der Waals surface area contributed by atoms with Crippen LogP contribution in [0.2, 0.25) is 5.02 Å². The lowest BCUT2D eigenvalue weighted by molar-refractivity contribution is 0.0759. The summed E-state index contributed by atoms with van der Waals surface area (Å²) in [5.41, 5.74) is 0. The van der Waals surface area contributed by atoms with Crippen LogP contribution in [-0.2, 0) is 10.0 Å². The summed E-state index contributed by atoms with van der Waals surface area (Å²) in [5, 5.41) is 0.510. The molecule has 0 radical (unpaired) electrons. The molecule has 0 spiro atoms. The van der Waals surface area contributed by atoms with Crippen molar-refractivity contribution in [1.82, 2.24) is 9.29 Å². The van der Waals surface area contributed by atoms with Gasteiger partial charge in [0.1, 0.15) is 11.9 Å². The van der Waals surface area contributed by atoms with Gasteiger partial charge in [-0.3, -0.25) is 4.98 Å². The molecular formula is C14H13ClN2O3S. The van der Waals surface area contributed by atoms with Crippen molar-refractivity contribution in [3.05, 3.63) is 53.8 Å². The second kappa shape index (κ2) is 5.63. The number of benzene rings is 1. The van der Waals surface area contributed by atoms with E-state index in [0.717, 1.165) is 0 Å². The van der Waals surface area contributed by atoms with Crippen molar-refractivity contribution in [3.63, 3.8) is 0 Å². The summed E-state index contributed by atoms with van der Waals surface area (Å²) in [5.74, 6) is 0.644. The lowest BCUT2D eigenvalue weighted by atomic mass is 10.2. The molecule has 5 nitrogen and oxygen atoms in total. The van der Waals surface area contributed by atoms with Crippen molar-refractivity contribution < 1.29 is 13.2 Å². The fourth-order valence-corrected chi connectivity index (χ4v) is 3.67. The number of ether oxygens (including phenoxy) is 1. The molecule has 0 atom stereocenters. The Morgan fingerprint density at radius 2 is 1.90 bits per heavy atom. The lowest BCUT2D eigenvalue weighted by Crippen LogP contribution is -2.55. The van der Waals surface area contributed by atoms with E-state index >= 15 is 0 Å². The highest BCUT2D eigenvalue weighted by molar-refractivity contribution is 7.89. The maximum atomic E-state index is 12.3. The van der Waals surface area contributed by atoms with E-state index in [2.05, 4.69) is 4.98 Å². The number of nitrogens with zero attached hydrogens (tertiary/aromatic N) is 2. The van der Waals surface area contributed by atoms with Gasteiger partial charge in [0, 0.05) is 11.2 Å². The van der Waals surface area contributed by atoms with Gasteiger partial charge < -0.3 is 4.74 Å². The predicted molar refractivity (Wildman–Crippen MR) is 78.9 cm³/mol. The largest absolute Gasteiger partial charge is 0.486 e. The summed E-state index contributed by atoms with van der Waals surface area (Å²) in [6, 6.07) is 9.72. The number of hydrogen-bond donors (Lipinski definition) is 0. The van der Waals surface area contributed by atoms with Gasteiger partial charge in [0.2, 0.25) is 10.0 Å². The molecule has 1 aromatic heterocycles. The Balaban J connectivity index is 1.64. The lowest BCUT2D eigenvalue weighted by Gasteiger charge is -2.37. The molecule has 0 bridgehead atoms. The number of hydrogen-bond acceptors (Lipinski definition) is 4. The van der Waals surface area contributed by atoms with Crippen molar-refractivity contribution in [2.24, 2.45) is 0 Å². The van der Waals surface area contributed by atoms with Crippen LogP contribution in [0.1, 0.15) is 0 Å². The van der Waals surface area contributed by atoms with Gasteiger partial charge >= 0.3 is 0 Å². The third-order valence-corrected chi connectivity index (χ3v) is 5.30. The minimum Gasteiger partial charge on any atom is -0.486 e. The van der Waals surface area contributed by atoms with Crippen LogP contribution in [0.3, 0.4) is 0 Å². The van der Waals surface area contributed by atoms with Gasteiger partial charge in [0.25, 0.3) is 0 Å². The zero-order chi connectivity index (χ0) is 14.9. The van der Waals surface area contributed by atoms with Gasteiger partial charge in [0.05, 0.1) is 24.2 Å². The van der Waals surface area contributed by atoms with Crippen LogP contribution in [0.5, 0.6) is 5.75 Å². The summed E-state index contributed by atoms with van der Waals surface area (Å²) in [6.07, 6.45) is 3.12. The molecule has 2 heterocycles. The standard InChI is InChI=1S/C14H13ClN2O3S/c15-11-3-5-14(6-4-11)21(18,19)17-9-13(10-17)20-12-2-1-7-16-8-12/h1-8,13H,9-10H2. The third kappa shape index (κ3) is 3.02. The Kier molecular flexibility index (Phi) is 3.84.